The zero-order valence-corrected chi connectivity index (χ0v) is 14.6. The zero-order valence-electron chi connectivity index (χ0n) is 13.0. The van der Waals surface area contributed by atoms with E-state index in [4.69, 9.17) is 11.6 Å². The number of nitrogens with zero attached hydrogens (tertiary/aromatic N) is 1. The summed E-state index contributed by atoms with van der Waals surface area (Å²) < 4.78 is 0. The molecule has 1 fully saturated rings. The first-order valence-electron chi connectivity index (χ1n) is 7.77. The number of amides is 3. The second-order valence-electron chi connectivity index (χ2n) is 5.56. The van der Waals surface area contributed by atoms with Crippen molar-refractivity contribution in [1.29, 1.82) is 0 Å². The number of hydrogen-bond donors (Lipinski definition) is 2. The molecule has 1 aromatic heterocycles. The lowest BCUT2D eigenvalue weighted by Crippen LogP contribution is -2.47. The van der Waals surface area contributed by atoms with Gasteiger partial charge in [0, 0.05) is 11.4 Å². The van der Waals surface area contributed by atoms with Crippen LogP contribution in [-0.4, -0.2) is 29.4 Å². The average molecular weight is 364 g/mol. The molecule has 1 atom stereocenters. The molecule has 0 bridgehead atoms. The van der Waals surface area contributed by atoms with Crippen LogP contribution in [0.15, 0.2) is 41.8 Å². The van der Waals surface area contributed by atoms with Crippen LogP contribution in [0, 0.1) is 0 Å². The van der Waals surface area contributed by atoms with Crippen molar-refractivity contribution < 1.29 is 9.59 Å². The number of likely N-dealkylation sites (tertiary alicyclic amines) is 1. The molecule has 1 aliphatic heterocycles. The third kappa shape index (κ3) is 3.88. The third-order valence-electron chi connectivity index (χ3n) is 3.95. The Morgan fingerprint density at radius 2 is 2.08 bits per heavy atom. The fraction of sp³-hybridized carbons (Fsp3) is 0.294. The number of para-hydroxylation sites is 1. The van der Waals surface area contributed by atoms with Gasteiger partial charge in [-0.25, -0.2) is 4.79 Å². The number of thiophene rings is 1. The molecule has 0 saturated carbocycles. The minimum Gasteiger partial charge on any atom is -0.349 e. The third-order valence-corrected chi connectivity index (χ3v) is 5.15. The van der Waals surface area contributed by atoms with Gasteiger partial charge in [-0.1, -0.05) is 29.8 Å². The van der Waals surface area contributed by atoms with Crippen LogP contribution in [0.1, 0.15) is 17.7 Å². The minimum absolute atomic E-state index is 0.116. The molecule has 7 heteroatoms. The number of halogens is 1. The predicted octanol–water partition coefficient (Wildman–Crippen LogP) is 3.71. The topological polar surface area (TPSA) is 61.4 Å². The number of urea groups is 1. The summed E-state index contributed by atoms with van der Waals surface area (Å²) in [6.07, 6.45) is 1.49. The first-order chi connectivity index (χ1) is 11.6. The Bertz CT molecular complexity index is 720. The van der Waals surface area contributed by atoms with E-state index in [1.807, 2.05) is 17.5 Å². The van der Waals surface area contributed by atoms with Crippen LogP contribution in [0.25, 0.3) is 0 Å². The molecule has 1 aromatic carbocycles. The van der Waals surface area contributed by atoms with Crippen LogP contribution in [0.4, 0.5) is 10.5 Å². The van der Waals surface area contributed by atoms with Gasteiger partial charge in [0.15, 0.2) is 0 Å². The van der Waals surface area contributed by atoms with Crippen LogP contribution >= 0.6 is 22.9 Å². The van der Waals surface area contributed by atoms with Gasteiger partial charge >= 0.3 is 6.03 Å². The standard InChI is InChI=1S/C17H18ClN3O2S/c18-13-6-1-2-7-14(13)20-17(23)21-9-3-8-15(21)16(22)19-11-12-5-4-10-24-12/h1-2,4-7,10,15H,3,8-9,11H2,(H,19,22)(H,20,23)/t15-/m0/s1. The molecule has 24 heavy (non-hydrogen) atoms. The quantitative estimate of drug-likeness (QED) is 0.869. The lowest BCUT2D eigenvalue weighted by Gasteiger charge is -2.24. The van der Waals surface area contributed by atoms with E-state index in [1.165, 1.54) is 0 Å². The first-order valence-corrected chi connectivity index (χ1v) is 9.03. The number of benzene rings is 1. The Kier molecular flexibility index (Phi) is 5.37. The van der Waals surface area contributed by atoms with E-state index >= 15 is 0 Å². The molecule has 5 nitrogen and oxygen atoms in total. The van der Waals surface area contributed by atoms with Gasteiger partial charge in [-0.05, 0) is 36.4 Å². The molecule has 0 radical (unpaired) electrons. The molecule has 2 heterocycles. The average Bonchev–Trinajstić information content (AvgIpc) is 3.26. The summed E-state index contributed by atoms with van der Waals surface area (Å²) in [7, 11) is 0. The Morgan fingerprint density at radius 1 is 1.25 bits per heavy atom. The molecular formula is C17H18ClN3O2S. The first kappa shape index (κ1) is 16.8. The van der Waals surface area contributed by atoms with E-state index in [1.54, 1.807) is 40.5 Å². The number of rotatable bonds is 4. The van der Waals surface area contributed by atoms with Crippen molar-refractivity contribution in [2.45, 2.75) is 25.4 Å². The summed E-state index contributed by atoms with van der Waals surface area (Å²) >= 11 is 7.67. The smallest absolute Gasteiger partial charge is 0.322 e. The molecular weight excluding hydrogens is 346 g/mol. The fourth-order valence-electron chi connectivity index (χ4n) is 2.74. The molecule has 0 spiro atoms. The fourth-order valence-corrected chi connectivity index (χ4v) is 3.56. The van der Waals surface area contributed by atoms with E-state index in [-0.39, 0.29) is 11.9 Å². The number of carbonyl (C=O) groups is 2. The molecule has 3 rings (SSSR count). The maximum atomic E-state index is 12.5. The van der Waals surface area contributed by atoms with Crippen LogP contribution in [0.3, 0.4) is 0 Å². The summed E-state index contributed by atoms with van der Waals surface area (Å²) in [5, 5.41) is 8.14. The van der Waals surface area contributed by atoms with Gasteiger partial charge in [-0.3, -0.25) is 4.79 Å². The largest absolute Gasteiger partial charge is 0.349 e. The monoisotopic (exact) mass is 363 g/mol. The van der Waals surface area contributed by atoms with Crippen molar-refractivity contribution in [2.75, 3.05) is 11.9 Å². The molecule has 1 saturated heterocycles. The molecule has 0 unspecified atom stereocenters. The summed E-state index contributed by atoms with van der Waals surface area (Å²) in [5.74, 6) is -0.116. The van der Waals surface area contributed by atoms with Crippen LogP contribution in [0.2, 0.25) is 5.02 Å². The molecule has 2 aromatic rings. The lowest BCUT2D eigenvalue weighted by atomic mass is 10.2. The molecule has 1 aliphatic rings. The van der Waals surface area contributed by atoms with Crippen LogP contribution in [0.5, 0.6) is 0 Å². The van der Waals surface area contributed by atoms with Crippen molar-refractivity contribution in [2.24, 2.45) is 0 Å². The van der Waals surface area contributed by atoms with Crippen molar-refractivity contribution in [3.05, 3.63) is 51.7 Å². The van der Waals surface area contributed by atoms with Gasteiger partial charge in [-0.2, -0.15) is 0 Å². The minimum atomic E-state index is -0.438. The van der Waals surface area contributed by atoms with E-state index in [9.17, 15) is 9.59 Å². The highest BCUT2D eigenvalue weighted by Crippen LogP contribution is 2.23. The van der Waals surface area contributed by atoms with Gasteiger partial charge in [0.25, 0.3) is 0 Å². The van der Waals surface area contributed by atoms with E-state index in [2.05, 4.69) is 10.6 Å². The Hall–Kier alpha value is -2.05. The van der Waals surface area contributed by atoms with Gasteiger partial charge in [0.2, 0.25) is 5.91 Å². The number of anilines is 1. The summed E-state index contributed by atoms with van der Waals surface area (Å²) in [6, 6.07) is 10.2. The summed E-state index contributed by atoms with van der Waals surface area (Å²) in [5.41, 5.74) is 0.550. The van der Waals surface area contributed by atoms with Gasteiger partial charge < -0.3 is 15.5 Å². The SMILES string of the molecule is O=C(NCc1cccs1)[C@@H]1CCCN1C(=O)Nc1ccccc1Cl. The van der Waals surface area contributed by atoms with Gasteiger partial charge in [0.1, 0.15) is 6.04 Å². The van der Waals surface area contributed by atoms with E-state index < -0.39 is 6.04 Å². The van der Waals surface area contributed by atoms with Crippen molar-refractivity contribution in [1.82, 2.24) is 10.2 Å². The molecule has 3 amide bonds. The Labute approximate surface area is 149 Å². The van der Waals surface area contributed by atoms with Crippen LogP contribution < -0.4 is 10.6 Å². The highest BCUT2D eigenvalue weighted by Gasteiger charge is 2.34. The molecule has 0 aliphatic carbocycles. The predicted molar refractivity (Wildman–Crippen MR) is 96.4 cm³/mol. The van der Waals surface area contributed by atoms with Crippen molar-refractivity contribution in [3.63, 3.8) is 0 Å². The maximum Gasteiger partial charge on any atom is 0.322 e. The van der Waals surface area contributed by atoms with Gasteiger partial charge in [0.05, 0.1) is 17.3 Å². The number of hydrogen-bond acceptors (Lipinski definition) is 3. The zero-order chi connectivity index (χ0) is 16.9. The normalized spacial score (nSPS) is 16.9. The lowest BCUT2D eigenvalue weighted by molar-refractivity contribution is -0.124. The Morgan fingerprint density at radius 3 is 2.83 bits per heavy atom. The highest BCUT2D eigenvalue weighted by atomic mass is 35.5. The maximum absolute atomic E-state index is 12.5. The van der Waals surface area contributed by atoms with Crippen molar-refractivity contribution in [3.8, 4) is 0 Å². The van der Waals surface area contributed by atoms with E-state index in [0.717, 1.165) is 11.3 Å². The number of nitrogens with one attached hydrogen (secondary N) is 2. The highest BCUT2D eigenvalue weighted by molar-refractivity contribution is 7.09. The molecule has 126 valence electrons. The second-order valence-corrected chi connectivity index (χ2v) is 7.00. The Balaban J connectivity index is 1.61. The summed E-state index contributed by atoms with van der Waals surface area (Å²) in [4.78, 5) is 27.6. The van der Waals surface area contributed by atoms with Crippen molar-refractivity contribution >= 4 is 40.6 Å². The molecule has 2 N–H and O–H groups in total. The summed E-state index contributed by atoms with van der Waals surface area (Å²) in [6.45, 7) is 1.06. The second kappa shape index (κ2) is 7.68. The number of carbonyl (C=O) groups excluding carboxylic acids is 2. The van der Waals surface area contributed by atoms with Gasteiger partial charge in [-0.15, -0.1) is 11.3 Å². The van der Waals surface area contributed by atoms with Crippen LogP contribution in [-0.2, 0) is 11.3 Å². The van der Waals surface area contributed by atoms with E-state index in [0.29, 0.717) is 30.2 Å².